The van der Waals surface area contributed by atoms with Crippen molar-refractivity contribution in [1.29, 1.82) is 0 Å². The summed E-state index contributed by atoms with van der Waals surface area (Å²) in [6.07, 6.45) is 1.72. The van der Waals surface area contributed by atoms with Crippen LogP contribution in [0.5, 0.6) is 5.75 Å². The van der Waals surface area contributed by atoms with Crippen molar-refractivity contribution >= 4 is 16.7 Å². The van der Waals surface area contributed by atoms with E-state index in [4.69, 9.17) is 10.5 Å². The fraction of sp³-hybridized carbons (Fsp3) is 0.125. The van der Waals surface area contributed by atoms with Gasteiger partial charge in [0.25, 0.3) is 0 Å². The van der Waals surface area contributed by atoms with Crippen LogP contribution in [0.4, 0.5) is 5.82 Å². The predicted molar refractivity (Wildman–Crippen MR) is 79.5 cm³/mol. The highest BCUT2D eigenvalue weighted by molar-refractivity contribution is 5.84. The molecule has 0 unspecified atom stereocenters. The van der Waals surface area contributed by atoms with Crippen LogP contribution in [0.2, 0.25) is 0 Å². The Morgan fingerprint density at radius 3 is 2.80 bits per heavy atom. The number of benzene rings is 1. The van der Waals surface area contributed by atoms with E-state index in [1.807, 2.05) is 37.3 Å². The molecule has 2 heterocycles. The van der Waals surface area contributed by atoms with E-state index in [9.17, 15) is 0 Å². The van der Waals surface area contributed by atoms with Crippen molar-refractivity contribution in [1.82, 2.24) is 9.97 Å². The highest BCUT2D eigenvalue weighted by Crippen LogP contribution is 2.24. The summed E-state index contributed by atoms with van der Waals surface area (Å²) in [6, 6.07) is 13.6. The van der Waals surface area contributed by atoms with E-state index in [0.29, 0.717) is 12.4 Å². The number of hydrogen-bond donors (Lipinski definition) is 1. The Kier molecular flexibility index (Phi) is 3.21. The second kappa shape index (κ2) is 5.17. The van der Waals surface area contributed by atoms with E-state index in [1.54, 1.807) is 12.3 Å². The lowest BCUT2D eigenvalue weighted by Crippen LogP contribution is -1.99. The van der Waals surface area contributed by atoms with Crippen LogP contribution in [-0.4, -0.2) is 9.97 Å². The minimum atomic E-state index is 0.446. The summed E-state index contributed by atoms with van der Waals surface area (Å²) in [5.41, 5.74) is 8.40. The van der Waals surface area contributed by atoms with Crippen molar-refractivity contribution in [3.63, 3.8) is 0 Å². The molecule has 0 aliphatic carbocycles. The average Bonchev–Trinajstić information content (AvgIpc) is 2.47. The van der Waals surface area contributed by atoms with E-state index >= 15 is 0 Å². The van der Waals surface area contributed by atoms with Crippen LogP contribution in [0.15, 0.2) is 48.7 Å². The quantitative estimate of drug-likeness (QED) is 0.790. The standard InChI is InChI=1S/C16H15N3O/c1-11-5-7-13-3-2-4-14(16(13)19-11)20-10-12-6-8-15(17)18-9-12/h2-9H,10H2,1H3,(H2,17,18). The summed E-state index contributed by atoms with van der Waals surface area (Å²) in [4.78, 5) is 8.59. The Morgan fingerprint density at radius 2 is 2.00 bits per heavy atom. The summed E-state index contributed by atoms with van der Waals surface area (Å²) >= 11 is 0. The number of fused-ring (bicyclic) bond motifs is 1. The lowest BCUT2D eigenvalue weighted by Gasteiger charge is -2.09. The van der Waals surface area contributed by atoms with Crippen LogP contribution in [-0.2, 0) is 6.61 Å². The molecule has 0 amide bonds. The first-order chi connectivity index (χ1) is 9.72. The number of para-hydroxylation sites is 1. The monoisotopic (exact) mass is 265 g/mol. The van der Waals surface area contributed by atoms with E-state index in [2.05, 4.69) is 16.0 Å². The fourth-order valence-corrected chi connectivity index (χ4v) is 2.02. The molecule has 1 aromatic carbocycles. The normalized spacial score (nSPS) is 10.7. The molecule has 0 bridgehead atoms. The van der Waals surface area contributed by atoms with Crippen molar-refractivity contribution < 1.29 is 4.74 Å². The minimum absolute atomic E-state index is 0.446. The van der Waals surface area contributed by atoms with Gasteiger partial charge in [0.1, 0.15) is 23.7 Å². The third-order valence-electron chi connectivity index (χ3n) is 3.06. The third-order valence-corrected chi connectivity index (χ3v) is 3.06. The van der Waals surface area contributed by atoms with Crippen molar-refractivity contribution in [3.8, 4) is 5.75 Å². The molecule has 4 nitrogen and oxygen atoms in total. The fourth-order valence-electron chi connectivity index (χ4n) is 2.02. The van der Waals surface area contributed by atoms with Crippen LogP contribution in [0.1, 0.15) is 11.3 Å². The summed E-state index contributed by atoms with van der Waals surface area (Å²) < 4.78 is 5.86. The Bertz CT molecular complexity index is 738. The molecule has 0 fully saturated rings. The number of nitrogens with zero attached hydrogens (tertiary/aromatic N) is 2. The summed E-state index contributed by atoms with van der Waals surface area (Å²) in [7, 11) is 0. The highest BCUT2D eigenvalue weighted by atomic mass is 16.5. The van der Waals surface area contributed by atoms with E-state index in [-0.39, 0.29) is 0 Å². The molecule has 0 saturated heterocycles. The van der Waals surface area contributed by atoms with Gasteiger partial charge in [0.2, 0.25) is 0 Å². The van der Waals surface area contributed by atoms with Crippen LogP contribution >= 0.6 is 0 Å². The second-order valence-corrected chi connectivity index (χ2v) is 4.66. The lowest BCUT2D eigenvalue weighted by molar-refractivity contribution is 0.309. The molecule has 2 N–H and O–H groups in total. The number of rotatable bonds is 3. The van der Waals surface area contributed by atoms with Gasteiger partial charge in [-0.05, 0) is 25.1 Å². The summed E-state index contributed by atoms with van der Waals surface area (Å²) in [5.74, 6) is 1.29. The first-order valence-electron chi connectivity index (χ1n) is 6.42. The van der Waals surface area contributed by atoms with Gasteiger partial charge in [-0.25, -0.2) is 9.97 Å². The van der Waals surface area contributed by atoms with Gasteiger partial charge >= 0.3 is 0 Å². The highest BCUT2D eigenvalue weighted by Gasteiger charge is 2.04. The van der Waals surface area contributed by atoms with Gasteiger partial charge in [-0.2, -0.15) is 0 Å². The molecule has 3 aromatic rings. The zero-order chi connectivity index (χ0) is 13.9. The Morgan fingerprint density at radius 1 is 1.10 bits per heavy atom. The van der Waals surface area contributed by atoms with Crippen molar-refractivity contribution in [2.24, 2.45) is 0 Å². The summed E-state index contributed by atoms with van der Waals surface area (Å²) in [5, 5.41) is 1.07. The zero-order valence-electron chi connectivity index (χ0n) is 11.2. The van der Waals surface area contributed by atoms with Crippen molar-refractivity contribution in [2.45, 2.75) is 13.5 Å². The van der Waals surface area contributed by atoms with Crippen molar-refractivity contribution in [2.75, 3.05) is 5.73 Å². The summed E-state index contributed by atoms with van der Waals surface area (Å²) in [6.45, 7) is 2.42. The van der Waals surface area contributed by atoms with E-state index < -0.39 is 0 Å². The molecule has 3 rings (SSSR count). The molecule has 0 saturated carbocycles. The number of ether oxygens (including phenoxy) is 1. The molecule has 0 atom stereocenters. The molecule has 0 spiro atoms. The second-order valence-electron chi connectivity index (χ2n) is 4.66. The maximum absolute atomic E-state index is 5.86. The number of nitrogen functional groups attached to an aromatic ring is 1. The minimum Gasteiger partial charge on any atom is -0.487 e. The number of aromatic nitrogens is 2. The first kappa shape index (κ1) is 12.4. The Labute approximate surface area is 117 Å². The molecule has 0 aliphatic heterocycles. The van der Waals surface area contributed by atoms with Gasteiger partial charge in [0.05, 0.1) is 0 Å². The topological polar surface area (TPSA) is 61.0 Å². The van der Waals surface area contributed by atoms with E-state index in [1.165, 1.54) is 0 Å². The van der Waals surface area contributed by atoms with Gasteiger partial charge in [0.15, 0.2) is 0 Å². The SMILES string of the molecule is Cc1ccc2cccc(OCc3ccc(N)nc3)c2n1. The average molecular weight is 265 g/mol. The lowest BCUT2D eigenvalue weighted by atomic mass is 10.2. The maximum atomic E-state index is 5.86. The largest absolute Gasteiger partial charge is 0.487 e. The molecule has 0 aliphatic rings. The molecule has 100 valence electrons. The van der Waals surface area contributed by atoms with Gasteiger partial charge < -0.3 is 10.5 Å². The van der Waals surface area contributed by atoms with E-state index in [0.717, 1.165) is 27.9 Å². The first-order valence-corrected chi connectivity index (χ1v) is 6.42. The van der Waals surface area contributed by atoms with Gasteiger partial charge in [0, 0.05) is 22.8 Å². The predicted octanol–water partition coefficient (Wildman–Crippen LogP) is 3.10. The van der Waals surface area contributed by atoms with Gasteiger partial charge in [-0.3, -0.25) is 0 Å². The maximum Gasteiger partial charge on any atom is 0.146 e. The number of hydrogen-bond acceptors (Lipinski definition) is 4. The molecular weight excluding hydrogens is 250 g/mol. The Balaban J connectivity index is 1.87. The molecule has 0 radical (unpaired) electrons. The van der Waals surface area contributed by atoms with Crippen LogP contribution < -0.4 is 10.5 Å². The van der Waals surface area contributed by atoms with Crippen LogP contribution in [0.3, 0.4) is 0 Å². The number of pyridine rings is 2. The molecule has 20 heavy (non-hydrogen) atoms. The number of anilines is 1. The Hall–Kier alpha value is -2.62. The van der Waals surface area contributed by atoms with Gasteiger partial charge in [-0.15, -0.1) is 0 Å². The van der Waals surface area contributed by atoms with Crippen LogP contribution in [0, 0.1) is 6.92 Å². The van der Waals surface area contributed by atoms with Crippen molar-refractivity contribution in [3.05, 3.63) is 59.9 Å². The molecule has 4 heteroatoms. The van der Waals surface area contributed by atoms with Gasteiger partial charge in [-0.1, -0.05) is 24.3 Å². The smallest absolute Gasteiger partial charge is 0.146 e. The van der Waals surface area contributed by atoms with Crippen LogP contribution in [0.25, 0.3) is 10.9 Å². The number of nitrogens with two attached hydrogens (primary N) is 1. The number of aryl methyl sites for hydroxylation is 1. The molecular formula is C16H15N3O. The zero-order valence-corrected chi connectivity index (χ0v) is 11.2. The third kappa shape index (κ3) is 2.54. The molecule has 2 aromatic heterocycles.